The number of anilines is 1. The Bertz CT molecular complexity index is 412. The maximum absolute atomic E-state index is 11.6. The van der Waals surface area contributed by atoms with E-state index < -0.39 is 0 Å². The summed E-state index contributed by atoms with van der Waals surface area (Å²) in [4.78, 5) is 13.9. The summed E-state index contributed by atoms with van der Waals surface area (Å²) in [5.41, 5.74) is 7.95. The number of hydrogen-bond acceptors (Lipinski definition) is 3. The number of nitrogens with zero attached hydrogens (tertiary/aromatic N) is 1. The van der Waals surface area contributed by atoms with E-state index in [-0.39, 0.29) is 5.91 Å². The quantitative estimate of drug-likeness (QED) is 0.784. The van der Waals surface area contributed by atoms with Crippen molar-refractivity contribution in [1.29, 1.82) is 0 Å². The molecule has 0 aromatic heterocycles. The van der Waals surface area contributed by atoms with Crippen molar-refractivity contribution in [2.24, 2.45) is 5.73 Å². The third-order valence-electron chi connectivity index (χ3n) is 3.45. The number of nitrogens with one attached hydrogen (secondary N) is 1. The zero-order valence-corrected chi connectivity index (χ0v) is 11.6. The molecule has 1 amide bonds. The minimum atomic E-state index is 0.131. The third-order valence-corrected chi connectivity index (χ3v) is 3.45. The molecule has 0 atom stereocenters. The molecular formula is C15H23N3O. The van der Waals surface area contributed by atoms with Gasteiger partial charge in [-0.25, -0.2) is 0 Å². The van der Waals surface area contributed by atoms with Crippen molar-refractivity contribution in [3.63, 3.8) is 0 Å². The van der Waals surface area contributed by atoms with Crippen LogP contribution in [0.5, 0.6) is 0 Å². The van der Waals surface area contributed by atoms with Crippen molar-refractivity contribution >= 4 is 11.6 Å². The number of carbonyl (C=O) groups excluding carboxylic acids is 1. The van der Waals surface area contributed by atoms with Gasteiger partial charge >= 0.3 is 0 Å². The summed E-state index contributed by atoms with van der Waals surface area (Å²) in [6.07, 6.45) is 3.02. The molecule has 1 aromatic rings. The highest BCUT2D eigenvalue weighted by atomic mass is 16.1. The lowest BCUT2D eigenvalue weighted by molar-refractivity contribution is -0.120. The number of carbonyl (C=O) groups is 1. The van der Waals surface area contributed by atoms with Gasteiger partial charge in [-0.3, -0.25) is 4.79 Å². The zero-order chi connectivity index (χ0) is 13.7. The van der Waals surface area contributed by atoms with Gasteiger partial charge in [-0.2, -0.15) is 0 Å². The fourth-order valence-electron chi connectivity index (χ4n) is 2.24. The van der Waals surface area contributed by atoms with E-state index in [4.69, 9.17) is 5.73 Å². The lowest BCUT2D eigenvalue weighted by Gasteiger charge is -2.24. The Balaban J connectivity index is 1.96. The van der Waals surface area contributed by atoms with Crippen LogP contribution >= 0.6 is 0 Å². The van der Waals surface area contributed by atoms with E-state index in [2.05, 4.69) is 34.5 Å². The molecule has 0 spiro atoms. The average molecular weight is 261 g/mol. The Morgan fingerprint density at radius 3 is 2.58 bits per heavy atom. The van der Waals surface area contributed by atoms with Crippen LogP contribution in [-0.4, -0.2) is 25.0 Å². The molecule has 0 aliphatic heterocycles. The number of rotatable bonds is 7. The predicted octanol–water partition coefficient (Wildman–Crippen LogP) is 1.64. The van der Waals surface area contributed by atoms with E-state index in [1.165, 1.54) is 18.5 Å². The van der Waals surface area contributed by atoms with Gasteiger partial charge < -0.3 is 16.0 Å². The van der Waals surface area contributed by atoms with Crippen LogP contribution < -0.4 is 16.0 Å². The van der Waals surface area contributed by atoms with Crippen LogP contribution in [0.4, 0.5) is 5.69 Å². The molecule has 1 saturated carbocycles. The van der Waals surface area contributed by atoms with Crippen LogP contribution in [0, 0.1) is 0 Å². The van der Waals surface area contributed by atoms with Crippen LogP contribution in [0.1, 0.15) is 31.7 Å². The topological polar surface area (TPSA) is 58.4 Å². The maximum atomic E-state index is 11.6. The van der Waals surface area contributed by atoms with Gasteiger partial charge in [0.1, 0.15) is 0 Å². The van der Waals surface area contributed by atoms with E-state index in [1.807, 2.05) is 6.92 Å². The normalized spacial score (nSPS) is 14.2. The summed E-state index contributed by atoms with van der Waals surface area (Å²) >= 11 is 0. The lowest BCUT2D eigenvalue weighted by Crippen LogP contribution is -2.32. The first kappa shape index (κ1) is 13.9. The second-order valence-corrected chi connectivity index (χ2v) is 5.00. The fourth-order valence-corrected chi connectivity index (χ4v) is 2.24. The van der Waals surface area contributed by atoms with Crippen molar-refractivity contribution in [3.8, 4) is 0 Å². The minimum Gasteiger partial charge on any atom is -0.368 e. The van der Waals surface area contributed by atoms with Crippen LogP contribution in [0.25, 0.3) is 0 Å². The molecule has 2 rings (SSSR count). The summed E-state index contributed by atoms with van der Waals surface area (Å²) in [7, 11) is 0. The Kier molecular flexibility index (Phi) is 4.80. The number of amides is 1. The van der Waals surface area contributed by atoms with Crippen molar-refractivity contribution in [2.75, 3.05) is 18.0 Å². The van der Waals surface area contributed by atoms with E-state index in [9.17, 15) is 4.79 Å². The van der Waals surface area contributed by atoms with Crippen molar-refractivity contribution < 1.29 is 4.79 Å². The summed E-state index contributed by atoms with van der Waals surface area (Å²) in [5.74, 6) is 0.131. The first-order valence-corrected chi connectivity index (χ1v) is 7.07. The van der Waals surface area contributed by atoms with Gasteiger partial charge in [0.25, 0.3) is 0 Å². The molecule has 0 heterocycles. The molecule has 4 nitrogen and oxygen atoms in total. The Hall–Kier alpha value is -1.55. The molecule has 19 heavy (non-hydrogen) atoms. The second kappa shape index (κ2) is 6.57. The van der Waals surface area contributed by atoms with E-state index >= 15 is 0 Å². The molecular weight excluding hydrogens is 238 g/mol. The average Bonchev–Trinajstić information content (AvgIpc) is 3.25. The Labute approximate surface area is 115 Å². The van der Waals surface area contributed by atoms with Crippen LogP contribution in [-0.2, 0) is 11.3 Å². The van der Waals surface area contributed by atoms with Gasteiger partial charge in [0.15, 0.2) is 0 Å². The van der Waals surface area contributed by atoms with E-state index in [1.54, 1.807) is 0 Å². The highest BCUT2D eigenvalue weighted by Gasteiger charge is 2.29. The SMILES string of the molecule is CCNC(=O)CCN(c1ccc(CN)cc1)C1CC1. The molecule has 0 unspecified atom stereocenters. The highest BCUT2D eigenvalue weighted by molar-refractivity contribution is 5.76. The van der Waals surface area contributed by atoms with Gasteiger partial charge in [-0.05, 0) is 37.5 Å². The number of nitrogens with two attached hydrogens (primary N) is 1. The Morgan fingerprint density at radius 2 is 2.05 bits per heavy atom. The second-order valence-electron chi connectivity index (χ2n) is 5.00. The molecule has 1 aliphatic carbocycles. The lowest BCUT2D eigenvalue weighted by atomic mass is 10.2. The third kappa shape index (κ3) is 3.96. The summed E-state index contributed by atoms with van der Waals surface area (Å²) in [6, 6.07) is 8.96. The van der Waals surface area contributed by atoms with Gasteiger partial charge in [0.05, 0.1) is 0 Å². The number of hydrogen-bond donors (Lipinski definition) is 2. The fraction of sp³-hybridized carbons (Fsp3) is 0.533. The van der Waals surface area contributed by atoms with Crippen LogP contribution in [0.2, 0.25) is 0 Å². The first-order valence-electron chi connectivity index (χ1n) is 7.07. The predicted molar refractivity (Wildman–Crippen MR) is 78.0 cm³/mol. The molecule has 104 valence electrons. The number of benzene rings is 1. The van der Waals surface area contributed by atoms with E-state index in [0.29, 0.717) is 25.6 Å². The summed E-state index contributed by atoms with van der Waals surface area (Å²) in [5, 5.41) is 2.85. The molecule has 3 N–H and O–H groups in total. The molecule has 0 bridgehead atoms. The van der Waals surface area contributed by atoms with Crippen molar-refractivity contribution in [3.05, 3.63) is 29.8 Å². The van der Waals surface area contributed by atoms with Gasteiger partial charge in [0.2, 0.25) is 5.91 Å². The van der Waals surface area contributed by atoms with Gasteiger partial charge in [-0.1, -0.05) is 12.1 Å². The summed E-state index contributed by atoms with van der Waals surface area (Å²) in [6.45, 7) is 4.01. The molecule has 1 aliphatic rings. The molecule has 1 aromatic carbocycles. The monoisotopic (exact) mass is 261 g/mol. The summed E-state index contributed by atoms with van der Waals surface area (Å²) < 4.78 is 0. The highest BCUT2D eigenvalue weighted by Crippen LogP contribution is 2.31. The van der Waals surface area contributed by atoms with E-state index in [0.717, 1.165) is 12.1 Å². The Morgan fingerprint density at radius 1 is 1.37 bits per heavy atom. The maximum Gasteiger partial charge on any atom is 0.221 e. The van der Waals surface area contributed by atoms with Crippen molar-refractivity contribution in [1.82, 2.24) is 5.32 Å². The zero-order valence-electron chi connectivity index (χ0n) is 11.6. The van der Waals surface area contributed by atoms with Gasteiger partial charge in [-0.15, -0.1) is 0 Å². The van der Waals surface area contributed by atoms with Crippen LogP contribution in [0.15, 0.2) is 24.3 Å². The first-order chi connectivity index (χ1) is 9.24. The standard InChI is InChI=1S/C15H23N3O/c1-2-17-15(19)9-10-18(14-7-8-14)13-5-3-12(11-16)4-6-13/h3-6,14H,2,7-11,16H2,1H3,(H,17,19). The van der Waals surface area contributed by atoms with Gasteiger partial charge in [0, 0.05) is 37.8 Å². The molecule has 0 saturated heterocycles. The smallest absolute Gasteiger partial charge is 0.221 e. The molecule has 1 fully saturated rings. The minimum absolute atomic E-state index is 0.131. The molecule has 0 radical (unpaired) electrons. The van der Waals surface area contributed by atoms with Crippen LogP contribution in [0.3, 0.4) is 0 Å². The molecule has 4 heteroatoms. The largest absolute Gasteiger partial charge is 0.368 e. The van der Waals surface area contributed by atoms with Crippen molar-refractivity contribution in [2.45, 2.75) is 38.8 Å².